The summed E-state index contributed by atoms with van der Waals surface area (Å²) in [7, 11) is 1.70. The molecule has 0 heterocycles. The van der Waals surface area contributed by atoms with E-state index in [1.165, 1.54) is 0 Å². The zero-order valence-corrected chi connectivity index (χ0v) is 12.2. The van der Waals surface area contributed by atoms with Crippen LogP contribution in [-0.4, -0.2) is 26.8 Å². The van der Waals surface area contributed by atoms with Gasteiger partial charge in [-0.3, -0.25) is 0 Å². The normalized spacial score (nSPS) is 11.2. The standard InChI is InChI=1S/C13H17BrClNO/c1-17-10-9-16-8-3-2-5-11-12(14)6-4-7-13(11)15/h2,4-7,16H,3,8-10H2,1H3/b5-2+. The maximum Gasteiger partial charge on any atom is 0.0587 e. The number of benzene rings is 1. The Balaban J connectivity index is 2.33. The third-order valence-electron chi connectivity index (χ3n) is 2.25. The first-order valence-electron chi connectivity index (χ1n) is 5.56. The van der Waals surface area contributed by atoms with E-state index in [0.29, 0.717) is 0 Å². The van der Waals surface area contributed by atoms with Crippen LogP contribution in [-0.2, 0) is 4.74 Å². The highest BCUT2D eigenvalue weighted by atomic mass is 79.9. The number of methoxy groups -OCH3 is 1. The topological polar surface area (TPSA) is 21.3 Å². The van der Waals surface area contributed by atoms with E-state index in [4.69, 9.17) is 16.3 Å². The number of ether oxygens (including phenoxy) is 1. The van der Waals surface area contributed by atoms with Crippen molar-refractivity contribution in [2.45, 2.75) is 6.42 Å². The number of hydrogen-bond donors (Lipinski definition) is 1. The van der Waals surface area contributed by atoms with E-state index in [9.17, 15) is 0 Å². The second kappa shape index (κ2) is 8.70. The lowest BCUT2D eigenvalue weighted by Crippen LogP contribution is -2.19. The summed E-state index contributed by atoms with van der Waals surface area (Å²) in [6.07, 6.45) is 5.14. The van der Waals surface area contributed by atoms with Gasteiger partial charge in [-0.25, -0.2) is 0 Å². The van der Waals surface area contributed by atoms with E-state index in [1.807, 2.05) is 24.3 Å². The minimum Gasteiger partial charge on any atom is -0.383 e. The highest BCUT2D eigenvalue weighted by Crippen LogP contribution is 2.25. The number of rotatable bonds is 7. The molecular weight excluding hydrogens is 302 g/mol. The summed E-state index contributed by atoms with van der Waals surface area (Å²) in [5, 5.41) is 4.05. The Kier molecular flexibility index (Phi) is 7.53. The molecule has 17 heavy (non-hydrogen) atoms. The van der Waals surface area contributed by atoms with Crippen LogP contribution in [0.2, 0.25) is 5.02 Å². The van der Waals surface area contributed by atoms with Gasteiger partial charge in [-0.2, -0.15) is 0 Å². The van der Waals surface area contributed by atoms with Gasteiger partial charge in [-0.15, -0.1) is 0 Å². The zero-order chi connectivity index (χ0) is 12.5. The number of nitrogens with one attached hydrogen (secondary N) is 1. The Hall–Kier alpha value is -0.350. The molecule has 0 saturated carbocycles. The Labute approximate surface area is 116 Å². The smallest absolute Gasteiger partial charge is 0.0587 e. The fourth-order valence-electron chi connectivity index (χ4n) is 1.36. The van der Waals surface area contributed by atoms with Crippen molar-refractivity contribution in [2.24, 2.45) is 0 Å². The Morgan fingerprint density at radius 2 is 2.24 bits per heavy atom. The molecule has 94 valence electrons. The summed E-state index contributed by atoms with van der Waals surface area (Å²) >= 11 is 9.58. The van der Waals surface area contributed by atoms with E-state index in [-0.39, 0.29) is 0 Å². The van der Waals surface area contributed by atoms with Crippen molar-refractivity contribution < 1.29 is 4.74 Å². The second-order valence-corrected chi connectivity index (χ2v) is 4.83. The molecule has 1 aromatic carbocycles. The van der Waals surface area contributed by atoms with Crippen molar-refractivity contribution in [2.75, 3.05) is 26.8 Å². The molecule has 0 fully saturated rings. The minimum absolute atomic E-state index is 0.750. The van der Waals surface area contributed by atoms with Gasteiger partial charge in [-0.1, -0.05) is 45.7 Å². The van der Waals surface area contributed by atoms with Crippen LogP contribution in [0.1, 0.15) is 12.0 Å². The highest BCUT2D eigenvalue weighted by Gasteiger charge is 1.99. The Bertz CT molecular complexity index is 348. The summed E-state index contributed by atoms with van der Waals surface area (Å²) in [6.45, 7) is 2.59. The fraction of sp³-hybridized carbons (Fsp3) is 0.385. The largest absolute Gasteiger partial charge is 0.383 e. The zero-order valence-electron chi connectivity index (χ0n) is 9.88. The molecule has 0 bridgehead atoms. The summed E-state index contributed by atoms with van der Waals surface area (Å²) in [5.74, 6) is 0. The summed E-state index contributed by atoms with van der Waals surface area (Å²) in [4.78, 5) is 0. The third-order valence-corrected chi connectivity index (χ3v) is 3.28. The van der Waals surface area contributed by atoms with Crippen molar-refractivity contribution in [1.82, 2.24) is 5.32 Å². The van der Waals surface area contributed by atoms with Crippen LogP contribution < -0.4 is 5.32 Å². The van der Waals surface area contributed by atoms with Crippen molar-refractivity contribution in [3.63, 3.8) is 0 Å². The molecule has 0 aliphatic carbocycles. The predicted molar refractivity (Wildman–Crippen MR) is 77.5 cm³/mol. The van der Waals surface area contributed by atoms with Crippen molar-refractivity contribution in [3.05, 3.63) is 39.3 Å². The van der Waals surface area contributed by atoms with Crippen LogP contribution in [0.25, 0.3) is 6.08 Å². The Morgan fingerprint density at radius 3 is 2.94 bits per heavy atom. The SMILES string of the molecule is COCCNCC/C=C/c1c(Cl)cccc1Br. The van der Waals surface area contributed by atoms with E-state index in [2.05, 4.69) is 27.3 Å². The number of hydrogen-bond acceptors (Lipinski definition) is 2. The van der Waals surface area contributed by atoms with Crippen molar-refractivity contribution >= 4 is 33.6 Å². The van der Waals surface area contributed by atoms with E-state index >= 15 is 0 Å². The number of halogens is 2. The monoisotopic (exact) mass is 317 g/mol. The molecule has 0 saturated heterocycles. The molecule has 0 aliphatic heterocycles. The lowest BCUT2D eigenvalue weighted by Gasteiger charge is -2.02. The van der Waals surface area contributed by atoms with Crippen LogP contribution in [0.5, 0.6) is 0 Å². The van der Waals surface area contributed by atoms with Gasteiger partial charge in [0.05, 0.1) is 6.61 Å². The van der Waals surface area contributed by atoms with Crippen LogP contribution in [0.15, 0.2) is 28.7 Å². The molecule has 4 heteroatoms. The first-order chi connectivity index (χ1) is 8.25. The van der Waals surface area contributed by atoms with Gasteiger partial charge >= 0.3 is 0 Å². The van der Waals surface area contributed by atoms with Gasteiger partial charge in [-0.05, 0) is 25.1 Å². The minimum atomic E-state index is 0.750. The van der Waals surface area contributed by atoms with Gasteiger partial charge in [0.15, 0.2) is 0 Å². The molecule has 0 unspecified atom stereocenters. The third kappa shape index (κ3) is 5.68. The average molecular weight is 319 g/mol. The van der Waals surface area contributed by atoms with Crippen LogP contribution in [0, 0.1) is 0 Å². The lowest BCUT2D eigenvalue weighted by atomic mass is 10.2. The summed E-state index contributed by atoms with van der Waals surface area (Å²) < 4.78 is 5.97. The maximum atomic E-state index is 6.10. The van der Waals surface area contributed by atoms with Crippen LogP contribution in [0.3, 0.4) is 0 Å². The van der Waals surface area contributed by atoms with Crippen LogP contribution >= 0.6 is 27.5 Å². The first kappa shape index (κ1) is 14.7. The fourth-order valence-corrected chi connectivity index (χ4v) is 2.21. The van der Waals surface area contributed by atoms with Crippen molar-refractivity contribution in [3.8, 4) is 0 Å². The van der Waals surface area contributed by atoms with Gasteiger partial charge in [0, 0.05) is 28.7 Å². The van der Waals surface area contributed by atoms with Gasteiger partial charge in [0.2, 0.25) is 0 Å². The van der Waals surface area contributed by atoms with Gasteiger partial charge < -0.3 is 10.1 Å². The molecule has 0 aromatic heterocycles. The Morgan fingerprint density at radius 1 is 1.41 bits per heavy atom. The van der Waals surface area contributed by atoms with Crippen LogP contribution in [0.4, 0.5) is 0 Å². The van der Waals surface area contributed by atoms with Crippen molar-refractivity contribution in [1.29, 1.82) is 0 Å². The molecule has 0 atom stereocenters. The van der Waals surface area contributed by atoms with Gasteiger partial charge in [0.25, 0.3) is 0 Å². The maximum absolute atomic E-state index is 6.10. The molecular formula is C13H17BrClNO. The summed E-state index contributed by atoms with van der Waals surface area (Å²) in [5.41, 5.74) is 1.03. The average Bonchev–Trinajstić information content (AvgIpc) is 2.31. The molecule has 0 spiro atoms. The lowest BCUT2D eigenvalue weighted by molar-refractivity contribution is 0.199. The first-order valence-corrected chi connectivity index (χ1v) is 6.73. The molecule has 0 radical (unpaired) electrons. The highest BCUT2D eigenvalue weighted by molar-refractivity contribution is 9.10. The van der Waals surface area contributed by atoms with E-state index in [0.717, 1.165) is 41.2 Å². The predicted octanol–water partition coefficient (Wildman–Crippen LogP) is 3.74. The second-order valence-electron chi connectivity index (χ2n) is 3.57. The molecule has 1 N–H and O–H groups in total. The van der Waals surface area contributed by atoms with Gasteiger partial charge in [0.1, 0.15) is 0 Å². The molecule has 1 aromatic rings. The molecule has 1 rings (SSSR count). The quantitative estimate of drug-likeness (QED) is 0.773. The van der Waals surface area contributed by atoms with E-state index < -0.39 is 0 Å². The van der Waals surface area contributed by atoms with E-state index in [1.54, 1.807) is 7.11 Å². The summed E-state index contributed by atoms with van der Waals surface area (Å²) in [6, 6.07) is 5.81. The molecule has 0 aliphatic rings. The molecule has 2 nitrogen and oxygen atoms in total. The molecule has 0 amide bonds.